The van der Waals surface area contributed by atoms with Crippen LogP contribution in [0.1, 0.15) is 41.2 Å². The van der Waals surface area contributed by atoms with Gasteiger partial charge >= 0.3 is 0 Å². The first-order chi connectivity index (χ1) is 9.78. The summed E-state index contributed by atoms with van der Waals surface area (Å²) >= 11 is 1.52. The van der Waals surface area contributed by atoms with Crippen molar-refractivity contribution in [1.29, 1.82) is 0 Å². The lowest BCUT2D eigenvalue weighted by Gasteiger charge is -2.32. The molecule has 0 saturated carbocycles. The second-order valence-corrected chi connectivity index (χ2v) is 6.58. The van der Waals surface area contributed by atoms with Crippen LogP contribution in [0, 0.1) is 0 Å². The van der Waals surface area contributed by atoms with Crippen molar-refractivity contribution in [3.8, 4) is 0 Å². The fourth-order valence-electron chi connectivity index (χ4n) is 3.31. The van der Waals surface area contributed by atoms with Crippen LogP contribution in [0.2, 0.25) is 0 Å². The van der Waals surface area contributed by atoms with E-state index in [-0.39, 0.29) is 30.7 Å². The highest BCUT2D eigenvalue weighted by atomic mass is 35.5. The number of carbonyl (C=O) groups is 1. The van der Waals surface area contributed by atoms with Gasteiger partial charge in [-0.3, -0.25) is 9.69 Å². The van der Waals surface area contributed by atoms with Crippen LogP contribution >= 0.6 is 36.2 Å². The van der Waals surface area contributed by atoms with Gasteiger partial charge in [-0.1, -0.05) is 6.42 Å². The number of halogens is 2. The number of thiazole rings is 1. The van der Waals surface area contributed by atoms with E-state index in [1.807, 2.05) is 5.38 Å². The molecule has 8 heteroatoms. The number of hydrogen-bond acceptors (Lipinski definition) is 5. The molecule has 3 rings (SSSR count). The SMILES string of the molecule is Cl.Cl.NCCc1nc(C(=O)NC2CCN3CCCCC23)cs1. The Morgan fingerprint density at radius 1 is 1.36 bits per heavy atom. The van der Waals surface area contributed by atoms with Crippen LogP contribution in [0.5, 0.6) is 0 Å². The molecule has 3 N–H and O–H groups in total. The third-order valence-corrected chi connectivity index (χ3v) is 5.22. The molecule has 0 aliphatic carbocycles. The first kappa shape index (κ1) is 19.6. The second kappa shape index (κ2) is 9.03. The summed E-state index contributed by atoms with van der Waals surface area (Å²) < 4.78 is 0. The normalized spacial score (nSPS) is 24.0. The summed E-state index contributed by atoms with van der Waals surface area (Å²) in [7, 11) is 0. The Bertz CT molecular complexity index is 485. The predicted molar refractivity (Wildman–Crippen MR) is 94.5 cm³/mol. The van der Waals surface area contributed by atoms with Gasteiger partial charge in [-0.25, -0.2) is 4.98 Å². The van der Waals surface area contributed by atoms with Gasteiger partial charge in [0.15, 0.2) is 0 Å². The van der Waals surface area contributed by atoms with Crippen molar-refractivity contribution in [2.45, 2.75) is 44.2 Å². The number of nitrogens with zero attached hydrogens (tertiary/aromatic N) is 2. The number of hydrogen-bond donors (Lipinski definition) is 2. The van der Waals surface area contributed by atoms with Crippen molar-refractivity contribution >= 4 is 42.1 Å². The van der Waals surface area contributed by atoms with Crippen LogP contribution in [-0.4, -0.2) is 47.5 Å². The minimum atomic E-state index is -0.0260. The molecule has 0 radical (unpaired) electrons. The molecular weight excluding hydrogens is 343 g/mol. The summed E-state index contributed by atoms with van der Waals surface area (Å²) in [5, 5.41) is 5.97. The summed E-state index contributed by atoms with van der Waals surface area (Å²) in [5.41, 5.74) is 6.06. The van der Waals surface area contributed by atoms with Gasteiger partial charge in [-0.2, -0.15) is 0 Å². The maximum atomic E-state index is 12.3. The smallest absolute Gasteiger partial charge is 0.271 e. The summed E-state index contributed by atoms with van der Waals surface area (Å²) in [6.45, 7) is 2.88. The van der Waals surface area contributed by atoms with Gasteiger partial charge in [0.05, 0.1) is 5.01 Å². The van der Waals surface area contributed by atoms with E-state index in [2.05, 4.69) is 15.2 Å². The highest BCUT2D eigenvalue weighted by Crippen LogP contribution is 2.27. The number of amides is 1. The number of carbonyl (C=O) groups excluding carboxylic acids is 1. The lowest BCUT2D eigenvalue weighted by atomic mass is 9.99. The summed E-state index contributed by atoms with van der Waals surface area (Å²) in [6.07, 6.45) is 5.60. The predicted octanol–water partition coefficient (Wildman–Crippen LogP) is 1.84. The van der Waals surface area contributed by atoms with Crippen LogP contribution in [0.3, 0.4) is 0 Å². The van der Waals surface area contributed by atoms with Gasteiger partial charge in [0.2, 0.25) is 0 Å². The topological polar surface area (TPSA) is 71.2 Å². The van der Waals surface area contributed by atoms with E-state index in [4.69, 9.17) is 5.73 Å². The van der Waals surface area contributed by atoms with E-state index in [1.165, 1.54) is 37.1 Å². The Labute approximate surface area is 147 Å². The molecule has 0 bridgehead atoms. The Hall–Kier alpha value is -0.400. The van der Waals surface area contributed by atoms with E-state index in [0.29, 0.717) is 24.3 Å². The molecular formula is C14H24Cl2N4OS. The van der Waals surface area contributed by atoms with Crippen molar-refractivity contribution in [2.24, 2.45) is 5.73 Å². The van der Waals surface area contributed by atoms with Gasteiger partial charge < -0.3 is 11.1 Å². The molecule has 2 aliphatic rings. The monoisotopic (exact) mass is 366 g/mol. The van der Waals surface area contributed by atoms with E-state index in [9.17, 15) is 4.79 Å². The Morgan fingerprint density at radius 2 is 2.18 bits per heavy atom. The van der Waals surface area contributed by atoms with Crippen molar-refractivity contribution in [3.63, 3.8) is 0 Å². The molecule has 22 heavy (non-hydrogen) atoms. The van der Waals surface area contributed by atoms with Crippen molar-refractivity contribution in [1.82, 2.24) is 15.2 Å². The molecule has 3 heterocycles. The molecule has 5 nitrogen and oxygen atoms in total. The molecule has 0 aromatic carbocycles. The summed E-state index contributed by atoms with van der Waals surface area (Å²) in [5.74, 6) is -0.0260. The number of aromatic nitrogens is 1. The number of piperidine rings is 1. The molecule has 0 spiro atoms. The minimum Gasteiger partial charge on any atom is -0.346 e. The standard InChI is InChI=1S/C14H22N4OS.2ClH/c15-6-4-13-16-11(9-20-13)14(19)17-10-5-8-18-7-2-1-3-12(10)18;;/h9-10,12H,1-8,15H2,(H,17,19);2*1H. The molecule has 1 aromatic heterocycles. The van der Waals surface area contributed by atoms with E-state index < -0.39 is 0 Å². The van der Waals surface area contributed by atoms with Crippen LogP contribution in [0.4, 0.5) is 0 Å². The van der Waals surface area contributed by atoms with Crippen LogP contribution < -0.4 is 11.1 Å². The van der Waals surface area contributed by atoms with Gasteiger partial charge in [-0.05, 0) is 32.4 Å². The first-order valence-electron chi connectivity index (χ1n) is 7.47. The molecule has 1 amide bonds. The van der Waals surface area contributed by atoms with Gasteiger partial charge in [-0.15, -0.1) is 36.2 Å². The molecule has 2 fully saturated rings. The van der Waals surface area contributed by atoms with Gasteiger partial charge in [0, 0.05) is 30.4 Å². The number of nitrogens with one attached hydrogen (secondary N) is 1. The second-order valence-electron chi connectivity index (χ2n) is 5.63. The van der Waals surface area contributed by atoms with E-state index in [1.54, 1.807) is 0 Å². The number of rotatable bonds is 4. The van der Waals surface area contributed by atoms with E-state index in [0.717, 1.165) is 24.4 Å². The van der Waals surface area contributed by atoms with Gasteiger partial charge in [0.25, 0.3) is 5.91 Å². The lowest BCUT2D eigenvalue weighted by Crippen LogP contribution is -2.46. The minimum absolute atomic E-state index is 0. The molecule has 2 aliphatic heterocycles. The van der Waals surface area contributed by atoms with Crippen LogP contribution in [-0.2, 0) is 6.42 Å². The fourth-order valence-corrected chi connectivity index (χ4v) is 4.11. The average Bonchev–Trinajstić information content (AvgIpc) is 3.07. The largest absolute Gasteiger partial charge is 0.346 e. The molecule has 2 unspecified atom stereocenters. The third-order valence-electron chi connectivity index (χ3n) is 4.32. The molecule has 2 saturated heterocycles. The Morgan fingerprint density at radius 3 is 2.95 bits per heavy atom. The summed E-state index contributed by atoms with van der Waals surface area (Å²) in [6, 6.07) is 0.831. The Balaban J connectivity index is 0.00000121. The zero-order valence-electron chi connectivity index (χ0n) is 12.5. The van der Waals surface area contributed by atoms with Crippen molar-refractivity contribution in [2.75, 3.05) is 19.6 Å². The summed E-state index contributed by atoms with van der Waals surface area (Å²) in [4.78, 5) is 19.2. The quantitative estimate of drug-likeness (QED) is 0.852. The highest BCUT2D eigenvalue weighted by molar-refractivity contribution is 7.09. The first-order valence-corrected chi connectivity index (χ1v) is 8.35. The molecule has 1 aromatic rings. The maximum Gasteiger partial charge on any atom is 0.271 e. The zero-order valence-corrected chi connectivity index (χ0v) is 14.9. The molecule has 2 atom stereocenters. The lowest BCUT2D eigenvalue weighted by molar-refractivity contribution is 0.0911. The zero-order chi connectivity index (χ0) is 13.9. The maximum absolute atomic E-state index is 12.3. The average molecular weight is 367 g/mol. The van der Waals surface area contributed by atoms with Gasteiger partial charge in [0.1, 0.15) is 5.69 Å². The van der Waals surface area contributed by atoms with Crippen LogP contribution in [0.15, 0.2) is 5.38 Å². The Kier molecular flexibility index (Phi) is 8.07. The highest BCUT2D eigenvalue weighted by Gasteiger charge is 2.36. The van der Waals surface area contributed by atoms with Crippen LogP contribution in [0.25, 0.3) is 0 Å². The number of fused-ring (bicyclic) bond motifs is 1. The molecule has 126 valence electrons. The third kappa shape index (κ3) is 4.32. The number of nitrogens with two attached hydrogens (primary N) is 1. The van der Waals surface area contributed by atoms with E-state index >= 15 is 0 Å². The fraction of sp³-hybridized carbons (Fsp3) is 0.714. The van der Waals surface area contributed by atoms with Crippen molar-refractivity contribution < 1.29 is 4.79 Å². The van der Waals surface area contributed by atoms with Crippen molar-refractivity contribution in [3.05, 3.63) is 16.1 Å².